The fourth-order valence-corrected chi connectivity index (χ4v) is 5.89. The van der Waals surface area contributed by atoms with Gasteiger partial charge in [-0.3, -0.25) is 24.6 Å². The molecule has 1 aliphatic carbocycles. The molecule has 3 heterocycles. The van der Waals surface area contributed by atoms with Crippen molar-refractivity contribution in [2.45, 2.75) is 57.3 Å². The number of nitrogens with zero attached hydrogens (tertiary/aromatic N) is 2. The standard InChI is InChI=1S/C22H28N4O3/c23-17-12-25(9-13-3-2-6-16(13)17)10-14-4-1-5-15-11-26(22(29)20(14)15)18-7-8-19(27)24-21(18)28/h1,4-5,13,16-18H,2-3,6-12,23H2,(H,24,27,28). The Morgan fingerprint density at radius 2 is 1.97 bits per heavy atom. The van der Waals surface area contributed by atoms with Gasteiger partial charge < -0.3 is 10.6 Å². The van der Waals surface area contributed by atoms with E-state index in [1.54, 1.807) is 4.90 Å². The molecule has 2 saturated heterocycles. The zero-order chi connectivity index (χ0) is 20.1. The van der Waals surface area contributed by atoms with E-state index in [-0.39, 0.29) is 30.2 Å². The number of imide groups is 1. The molecule has 0 aromatic heterocycles. The van der Waals surface area contributed by atoms with E-state index >= 15 is 0 Å². The van der Waals surface area contributed by atoms with Crippen molar-refractivity contribution in [3.63, 3.8) is 0 Å². The van der Waals surface area contributed by atoms with Gasteiger partial charge in [-0.05, 0) is 42.2 Å². The molecule has 1 aromatic rings. The van der Waals surface area contributed by atoms with Gasteiger partial charge in [0.05, 0.1) is 0 Å². The molecule has 0 spiro atoms. The number of nitrogens with two attached hydrogens (primary N) is 1. The van der Waals surface area contributed by atoms with Crippen molar-refractivity contribution in [1.29, 1.82) is 0 Å². The normalized spacial score (nSPS) is 32.3. The summed E-state index contributed by atoms with van der Waals surface area (Å²) in [5.74, 6) is 0.606. The van der Waals surface area contributed by atoms with Crippen LogP contribution in [0.15, 0.2) is 18.2 Å². The number of benzene rings is 1. The third-order valence-corrected chi connectivity index (χ3v) is 7.26. The number of likely N-dealkylation sites (tertiary alicyclic amines) is 1. The Morgan fingerprint density at radius 3 is 2.79 bits per heavy atom. The van der Waals surface area contributed by atoms with Crippen LogP contribution in [0.5, 0.6) is 0 Å². The molecule has 7 nitrogen and oxygen atoms in total. The molecule has 154 valence electrons. The molecule has 0 bridgehead atoms. The molecule has 1 saturated carbocycles. The third kappa shape index (κ3) is 3.26. The average molecular weight is 396 g/mol. The predicted octanol–water partition coefficient (Wildman–Crippen LogP) is 1.01. The van der Waals surface area contributed by atoms with E-state index < -0.39 is 6.04 Å². The largest absolute Gasteiger partial charge is 0.326 e. The number of hydrogen-bond donors (Lipinski definition) is 2. The van der Waals surface area contributed by atoms with Crippen LogP contribution in [0, 0.1) is 11.8 Å². The Hall–Kier alpha value is -2.25. The summed E-state index contributed by atoms with van der Waals surface area (Å²) in [6.07, 6.45) is 4.45. The minimum Gasteiger partial charge on any atom is -0.326 e. The molecule has 3 amide bonds. The van der Waals surface area contributed by atoms with Crippen molar-refractivity contribution in [2.24, 2.45) is 17.6 Å². The molecular formula is C22H28N4O3. The fourth-order valence-electron chi connectivity index (χ4n) is 5.89. The summed E-state index contributed by atoms with van der Waals surface area (Å²) in [5, 5.41) is 2.37. The van der Waals surface area contributed by atoms with Gasteiger partial charge in [0.2, 0.25) is 11.8 Å². The van der Waals surface area contributed by atoms with Crippen LogP contribution in [0.4, 0.5) is 0 Å². The Kier molecular flexibility index (Phi) is 4.67. The van der Waals surface area contributed by atoms with Crippen molar-refractivity contribution in [2.75, 3.05) is 13.1 Å². The maximum absolute atomic E-state index is 13.3. The zero-order valence-electron chi connectivity index (χ0n) is 16.6. The molecule has 4 aliphatic rings. The Bertz CT molecular complexity index is 870. The van der Waals surface area contributed by atoms with Crippen molar-refractivity contribution in [1.82, 2.24) is 15.1 Å². The molecule has 7 heteroatoms. The second-order valence-electron chi connectivity index (χ2n) is 9.06. The number of rotatable bonds is 3. The lowest BCUT2D eigenvalue weighted by atomic mass is 9.85. The summed E-state index contributed by atoms with van der Waals surface area (Å²) in [6, 6.07) is 5.64. The lowest BCUT2D eigenvalue weighted by molar-refractivity contribution is -0.136. The molecule has 4 unspecified atom stereocenters. The van der Waals surface area contributed by atoms with Gasteiger partial charge in [0.15, 0.2) is 0 Å². The first-order chi connectivity index (χ1) is 14.0. The highest BCUT2D eigenvalue weighted by atomic mass is 16.2. The number of piperidine rings is 2. The molecule has 0 radical (unpaired) electrons. The predicted molar refractivity (Wildman–Crippen MR) is 107 cm³/mol. The number of carbonyl (C=O) groups is 3. The van der Waals surface area contributed by atoms with Crippen LogP contribution in [0.2, 0.25) is 0 Å². The second-order valence-corrected chi connectivity index (χ2v) is 9.06. The van der Waals surface area contributed by atoms with E-state index in [1.165, 1.54) is 19.3 Å². The molecule has 4 atom stereocenters. The van der Waals surface area contributed by atoms with E-state index in [1.807, 2.05) is 18.2 Å². The van der Waals surface area contributed by atoms with Crippen LogP contribution >= 0.6 is 0 Å². The molecule has 3 fully saturated rings. The number of carbonyl (C=O) groups excluding carboxylic acids is 3. The van der Waals surface area contributed by atoms with Crippen molar-refractivity contribution < 1.29 is 14.4 Å². The number of hydrogen-bond acceptors (Lipinski definition) is 5. The van der Waals surface area contributed by atoms with Gasteiger partial charge in [0.25, 0.3) is 5.91 Å². The minimum absolute atomic E-state index is 0.0925. The summed E-state index contributed by atoms with van der Waals surface area (Å²) < 4.78 is 0. The third-order valence-electron chi connectivity index (χ3n) is 7.26. The minimum atomic E-state index is -0.567. The molecular weight excluding hydrogens is 368 g/mol. The van der Waals surface area contributed by atoms with Crippen LogP contribution in [0.3, 0.4) is 0 Å². The van der Waals surface area contributed by atoms with Gasteiger partial charge in [-0.25, -0.2) is 0 Å². The quantitative estimate of drug-likeness (QED) is 0.744. The smallest absolute Gasteiger partial charge is 0.255 e. The molecule has 5 rings (SSSR count). The van der Waals surface area contributed by atoms with Gasteiger partial charge in [-0.15, -0.1) is 0 Å². The highest BCUT2D eigenvalue weighted by Crippen LogP contribution is 2.38. The van der Waals surface area contributed by atoms with Gasteiger partial charge in [-0.1, -0.05) is 24.6 Å². The number of fused-ring (bicyclic) bond motifs is 2. The van der Waals surface area contributed by atoms with E-state index in [0.717, 1.165) is 36.3 Å². The van der Waals surface area contributed by atoms with Crippen LogP contribution < -0.4 is 11.1 Å². The summed E-state index contributed by atoms with van der Waals surface area (Å²) in [6.45, 7) is 3.07. The maximum Gasteiger partial charge on any atom is 0.255 e. The van der Waals surface area contributed by atoms with Crippen molar-refractivity contribution in [3.05, 3.63) is 34.9 Å². The number of amides is 3. The molecule has 3 aliphatic heterocycles. The van der Waals surface area contributed by atoms with E-state index in [4.69, 9.17) is 5.73 Å². The number of nitrogens with one attached hydrogen (secondary N) is 1. The summed E-state index contributed by atoms with van der Waals surface area (Å²) >= 11 is 0. The van der Waals surface area contributed by atoms with Gasteiger partial charge in [0.1, 0.15) is 6.04 Å². The van der Waals surface area contributed by atoms with Crippen LogP contribution in [0.1, 0.15) is 53.6 Å². The van der Waals surface area contributed by atoms with Crippen LogP contribution in [-0.4, -0.2) is 52.7 Å². The van der Waals surface area contributed by atoms with E-state index in [9.17, 15) is 14.4 Å². The Morgan fingerprint density at radius 1 is 1.10 bits per heavy atom. The summed E-state index contributed by atoms with van der Waals surface area (Å²) in [5.41, 5.74) is 9.19. The highest BCUT2D eigenvalue weighted by Gasteiger charge is 2.41. The lowest BCUT2D eigenvalue weighted by Crippen LogP contribution is -2.52. The summed E-state index contributed by atoms with van der Waals surface area (Å²) in [7, 11) is 0. The van der Waals surface area contributed by atoms with E-state index in [2.05, 4.69) is 10.2 Å². The topological polar surface area (TPSA) is 95.7 Å². The van der Waals surface area contributed by atoms with Gasteiger partial charge >= 0.3 is 0 Å². The Balaban J connectivity index is 1.35. The lowest BCUT2D eigenvalue weighted by Gasteiger charge is -2.39. The average Bonchev–Trinajstić information content (AvgIpc) is 3.28. The van der Waals surface area contributed by atoms with Crippen LogP contribution in [-0.2, 0) is 22.7 Å². The van der Waals surface area contributed by atoms with Gasteiger partial charge in [-0.2, -0.15) is 0 Å². The summed E-state index contributed by atoms with van der Waals surface area (Å²) in [4.78, 5) is 41.0. The second kappa shape index (κ2) is 7.22. The highest BCUT2D eigenvalue weighted by molar-refractivity contribution is 6.05. The van der Waals surface area contributed by atoms with Crippen LogP contribution in [0.25, 0.3) is 0 Å². The molecule has 29 heavy (non-hydrogen) atoms. The maximum atomic E-state index is 13.3. The zero-order valence-corrected chi connectivity index (χ0v) is 16.6. The Labute approximate surface area is 170 Å². The van der Waals surface area contributed by atoms with Gasteiger partial charge in [0, 0.05) is 44.2 Å². The SMILES string of the molecule is NC1CN(Cc2cccc3c2C(=O)N(C2CCC(=O)NC2=O)C3)CC2CCCC12. The first-order valence-electron chi connectivity index (χ1n) is 10.7. The van der Waals surface area contributed by atoms with Crippen molar-refractivity contribution in [3.8, 4) is 0 Å². The first kappa shape index (κ1) is 18.8. The van der Waals surface area contributed by atoms with E-state index in [0.29, 0.717) is 24.8 Å². The van der Waals surface area contributed by atoms with Crippen molar-refractivity contribution >= 4 is 17.7 Å². The fraction of sp³-hybridized carbons (Fsp3) is 0.591. The molecule has 1 aromatic carbocycles. The monoisotopic (exact) mass is 396 g/mol. The molecule has 3 N–H and O–H groups in total. The first-order valence-corrected chi connectivity index (χ1v) is 10.7.